The molecule has 3 rings (SSSR count). The molecule has 0 unspecified atom stereocenters. The fraction of sp³-hybridized carbons (Fsp3) is 0.0952. The van der Waals surface area contributed by atoms with Crippen LogP contribution in [-0.4, -0.2) is 10.9 Å². The molecule has 0 saturated carbocycles. The molecule has 0 aliphatic rings. The normalized spacial score (nSPS) is 10.3. The predicted molar refractivity (Wildman–Crippen MR) is 99.9 cm³/mol. The molecule has 0 atom stereocenters. The number of amides is 1. The van der Waals surface area contributed by atoms with Gasteiger partial charge in [-0.15, -0.1) is 0 Å². The Bertz CT molecular complexity index is 1080. The van der Waals surface area contributed by atoms with Crippen LogP contribution in [0.3, 0.4) is 0 Å². The van der Waals surface area contributed by atoms with Gasteiger partial charge in [-0.2, -0.15) is 5.26 Å². The molecule has 0 aliphatic carbocycles. The van der Waals surface area contributed by atoms with Gasteiger partial charge in [0.2, 0.25) is 0 Å². The van der Waals surface area contributed by atoms with Crippen molar-refractivity contribution < 1.29 is 9.18 Å². The molecule has 6 heteroatoms. The molecule has 0 spiro atoms. The summed E-state index contributed by atoms with van der Waals surface area (Å²) in [6.45, 7) is 1.85. The number of H-pyrrole nitrogens is 1. The maximum atomic E-state index is 13.2. The lowest BCUT2D eigenvalue weighted by molar-refractivity contribution is 0.0983. The molecule has 1 N–H and O–H groups in total. The molecule has 1 aromatic heterocycles. The monoisotopic (exact) mass is 361 g/mol. The second kappa shape index (κ2) is 7.67. The quantitative estimate of drug-likeness (QED) is 0.772. The fourth-order valence-corrected chi connectivity index (χ4v) is 2.68. The zero-order chi connectivity index (χ0) is 19.4. The fourth-order valence-electron chi connectivity index (χ4n) is 2.68. The Balaban J connectivity index is 2.05. The highest BCUT2D eigenvalue weighted by Crippen LogP contribution is 2.21. The van der Waals surface area contributed by atoms with Crippen molar-refractivity contribution in [2.75, 3.05) is 4.90 Å². The van der Waals surface area contributed by atoms with Gasteiger partial charge < -0.3 is 9.88 Å². The standard InChI is InChI=1S/C21H16FN3O2/c1-14-5-10-19(20(26)24-14)21(27)25(13-15-6-8-17(22)9-7-15)18-4-2-3-16(11-18)12-23/h2-11H,13H2,1H3,(H,24,26). The first-order chi connectivity index (χ1) is 13.0. The van der Waals surface area contributed by atoms with E-state index in [-0.39, 0.29) is 17.9 Å². The van der Waals surface area contributed by atoms with Gasteiger partial charge in [0.1, 0.15) is 11.4 Å². The molecule has 2 aromatic carbocycles. The number of anilines is 1. The zero-order valence-electron chi connectivity index (χ0n) is 14.6. The van der Waals surface area contributed by atoms with Crippen LogP contribution in [0.4, 0.5) is 10.1 Å². The number of hydrogen-bond donors (Lipinski definition) is 1. The number of aromatic amines is 1. The summed E-state index contributed by atoms with van der Waals surface area (Å²) in [6.07, 6.45) is 0. The average molecular weight is 361 g/mol. The minimum Gasteiger partial charge on any atom is -0.326 e. The Morgan fingerprint density at radius 1 is 1.15 bits per heavy atom. The lowest BCUT2D eigenvalue weighted by Crippen LogP contribution is -2.34. The number of nitriles is 1. The third kappa shape index (κ3) is 4.10. The first-order valence-corrected chi connectivity index (χ1v) is 8.24. The molecule has 0 aliphatic heterocycles. The van der Waals surface area contributed by atoms with Gasteiger partial charge in [-0.05, 0) is 55.0 Å². The molecular formula is C21H16FN3O2. The molecule has 27 heavy (non-hydrogen) atoms. The van der Waals surface area contributed by atoms with Gasteiger partial charge in [-0.1, -0.05) is 18.2 Å². The van der Waals surface area contributed by atoms with Crippen molar-refractivity contribution in [1.29, 1.82) is 5.26 Å². The van der Waals surface area contributed by atoms with Crippen molar-refractivity contribution in [3.63, 3.8) is 0 Å². The van der Waals surface area contributed by atoms with Crippen LogP contribution in [0.2, 0.25) is 0 Å². The van der Waals surface area contributed by atoms with E-state index in [4.69, 9.17) is 5.26 Å². The zero-order valence-corrected chi connectivity index (χ0v) is 14.6. The Morgan fingerprint density at radius 3 is 2.56 bits per heavy atom. The number of halogens is 1. The van der Waals surface area contributed by atoms with Crippen LogP contribution >= 0.6 is 0 Å². The number of pyridine rings is 1. The molecule has 0 radical (unpaired) electrons. The van der Waals surface area contributed by atoms with Crippen molar-refractivity contribution in [1.82, 2.24) is 4.98 Å². The SMILES string of the molecule is Cc1ccc(C(=O)N(Cc2ccc(F)cc2)c2cccc(C#N)c2)c(=O)[nH]1. The summed E-state index contributed by atoms with van der Waals surface area (Å²) in [7, 11) is 0. The molecule has 3 aromatic rings. The summed E-state index contributed by atoms with van der Waals surface area (Å²) in [5.41, 5.74) is 1.71. The van der Waals surface area contributed by atoms with Gasteiger partial charge in [0.05, 0.1) is 18.2 Å². The van der Waals surface area contributed by atoms with Crippen molar-refractivity contribution in [2.24, 2.45) is 0 Å². The highest BCUT2D eigenvalue weighted by molar-refractivity contribution is 6.05. The highest BCUT2D eigenvalue weighted by atomic mass is 19.1. The second-order valence-corrected chi connectivity index (χ2v) is 6.06. The predicted octanol–water partition coefficient (Wildman–Crippen LogP) is 3.54. The number of carbonyl (C=O) groups excluding carboxylic acids is 1. The largest absolute Gasteiger partial charge is 0.326 e. The van der Waals surface area contributed by atoms with E-state index in [1.807, 2.05) is 6.07 Å². The lowest BCUT2D eigenvalue weighted by atomic mass is 10.1. The number of benzene rings is 2. The van der Waals surface area contributed by atoms with Crippen LogP contribution in [0.1, 0.15) is 27.2 Å². The van der Waals surface area contributed by atoms with Crippen LogP contribution in [0.15, 0.2) is 65.5 Å². The van der Waals surface area contributed by atoms with E-state index in [9.17, 15) is 14.0 Å². The molecule has 0 fully saturated rings. The van der Waals surface area contributed by atoms with Crippen LogP contribution in [-0.2, 0) is 6.54 Å². The van der Waals surface area contributed by atoms with E-state index in [1.54, 1.807) is 49.4 Å². The Hall–Kier alpha value is -3.72. The van der Waals surface area contributed by atoms with Crippen molar-refractivity contribution >= 4 is 11.6 Å². The van der Waals surface area contributed by atoms with Gasteiger partial charge in [0, 0.05) is 11.4 Å². The molecular weight excluding hydrogens is 345 g/mol. The number of hydrogen-bond acceptors (Lipinski definition) is 3. The van der Waals surface area contributed by atoms with Gasteiger partial charge in [0.15, 0.2) is 0 Å². The van der Waals surface area contributed by atoms with E-state index in [1.165, 1.54) is 23.1 Å². The van der Waals surface area contributed by atoms with Gasteiger partial charge in [-0.3, -0.25) is 9.59 Å². The number of nitrogens with one attached hydrogen (secondary N) is 1. The third-order valence-electron chi connectivity index (χ3n) is 4.07. The highest BCUT2D eigenvalue weighted by Gasteiger charge is 2.21. The van der Waals surface area contributed by atoms with Gasteiger partial charge in [0.25, 0.3) is 11.5 Å². The maximum Gasteiger partial charge on any atom is 0.264 e. The molecule has 0 saturated heterocycles. The molecule has 1 heterocycles. The minimum atomic E-state index is -0.504. The number of carbonyl (C=O) groups is 1. The van der Waals surface area contributed by atoms with Crippen molar-refractivity contribution in [3.8, 4) is 6.07 Å². The summed E-state index contributed by atoms with van der Waals surface area (Å²) < 4.78 is 13.2. The smallest absolute Gasteiger partial charge is 0.264 e. The Labute approximate surface area is 155 Å². The lowest BCUT2D eigenvalue weighted by Gasteiger charge is -2.23. The van der Waals surface area contributed by atoms with Gasteiger partial charge >= 0.3 is 0 Å². The van der Waals surface area contributed by atoms with Gasteiger partial charge in [-0.25, -0.2) is 4.39 Å². The average Bonchev–Trinajstić information content (AvgIpc) is 2.67. The minimum absolute atomic E-state index is 0.00919. The van der Waals surface area contributed by atoms with Crippen LogP contribution in [0, 0.1) is 24.1 Å². The van der Waals surface area contributed by atoms with E-state index in [0.29, 0.717) is 22.5 Å². The number of aromatic nitrogens is 1. The molecule has 1 amide bonds. The van der Waals surface area contributed by atoms with E-state index in [2.05, 4.69) is 4.98 Å². The van der Waals surface area contributed by atoms with Crippen LogP contribution in [0.5, 0.6) is 0 Å². The van der Waals surface area contributed by atoms with Crippen molar-refractivity contribution in [3.05, 3.63) is 99.2 Å². The summed E-state index contributed by atoms with van der Waals surface area (Å²) >= 11 is 0. The summed E-state index contributed by atoms with van der Waals surface area (Å²) in [5, 5.41) is 9.14. The van der Waals surface area contributed by atoms with E-state index in [0.717, 1.165) is 0 Å². The van der Waals surface area contributed by atoms with Crippen molar-refractivity contribution in [2.45, 2.75) is 13.5 Å². The van der Waals surface area contributed by atoms with E-state index < -0.39 is 11.5 Å². The number of rotatable bonds is 4. The van der Waals surface area contributed by atoms with Crippen LogP contribution in [0.25, 0.3) is 0 Å². The number of nitrogens with zero attached hydrogens (tertiary/aromatic N) is 2. The molecule has 0 bridgehead atoms. The Kier molecular flexibility index (Phi) is 5.13. The molecule has 5 nitrogen and oxygen atoms in total. The third-order valence-corrected chi connectivity index (χ3v) is 4.07. The second-order valence-electron chi connectivity index (χ2n) is 6.06. The summed E-state index contributed by atoms with van der Waals surface area (Å²) in [5.74, 6) is -0.881. The first-order valence-electron chi connectivity index (χ1n) is 8.24. The summed E-state index contributed by atoms with van der Waals surface area (Å²) in [6, 6.07) is 17.5. The van der Waals surface area contributed by atoms with Crippen LogP contribution < -0.4 is 10.5 Å². The Morgan fingerprint density at radius 2 is 1.89 bits per heavy atom. The maximum absolute atomic E-state index is 13.2. The first kappa shape index (κ1) is 18.1. The molecule has 134 valence electrons. The van der Waals surface area contributed by atoms with E-state index >= 15 is 0 Å². The topological polar surface area (TPSA) is 77.0 Å². The summed E-state index contributed by atoms with van der Waals surface area (Å²) in [4.78, 5) is 29.3. The number of aryl methyl sites for hydroxylation is 1.